The number of nitrogens with one attached hydrogen (secondary N) is 1. The fourth-order valence-corrected chi connectivity index (χ4v) is 2.68. The summed E-state index contributed by atoms with van der Waals surface area (Å²) in [4.78, 5) is 6.72. The molecule has 1 aromatic rings. The molecule has 1 aromatic heterocycles. The third-order valence-corrected chi connectivity index (χ3v) is 3.91. The molecule has 0 saturated carbocycles. The van der Waals surface area contributed by atoms with E-state index in [1.54, 1.807) is 7.11 Å². The average molecular weight is 263 g/mol. The van der Waals surface area contributed by atoms with Crippen molar-refractivity contribution in [3.8, 4) is 0 Å². The molecular weight excluding hydrogens is 238 g/mol. The fourth-order valence-electron chi connectivity index (χ4n) is 2.68. The highest BCUT2D eigenvalue weighted by Crippen LogP contribution is 2.20. The first-order valence-corrected chi connectivity index (χ1v) is 7.17. The van der Waals surface area contributed by atoms with Crippen LogP contribution in [0.5, 0.6) is 0 Å². The zero-order valence-corrected chi connectivity index (χ0v) is 12.0. The quantitative estimate of drug-likeness (QED) is 0.814. The molecule has 1 N–H and O–H groups in total. The summed E-state index contributed by atoms with van der Waals surface area (Å²) in [5.74, 6) is 0. The van der Waals surface area contributed by atoms with Crippen molar-refractivity contribution in [2.45, 2.75) is 31.8 Å². The van der Waals surface area contributed by atoms with E-state index in [2.05, 4.69) is 28.2 Å². The maximum Gasteiger partial charge on any atom is 0.0589 e. The van der Waals surface area contributed by atoms with Crippen molar-refractivity contribution in [3.63, 3.8) is 0 Å². The first-order valence-electron chi connectivity index (χ1n) is 7.17. The van der Waals surface area contributed by atoms with Gasteiger partial charge >= 0.3 is 0 Å². The van der Waals surface area contributed by atoms with Gasteiger partial charge in [0.05, 0.1) is 6.61 Å². The van der Waals surface area contributed by atoms with Crippen LogP contribution in [-0.4, -0.2) is 49.3 Å². The Morgan fingerprint density at radius 3 is 3.11 bits per heavy atom. The van der Waals surface area contributed by atoms with Crippen LogP contribution in [0.2, 0.25) is 0 Å². The Hall–Kier alpha value is -0.970. The van der Waals surface area contributed by atoms with Crippen LogP contribution < -0.4 is 5.32 Å². The van der Waals surface area contributed by atoms with Crippen LogP contribution in [0.25, 0.3) is 0 Å². The van der Waals surface area contributed by atoms with Crippen LogP contribution >= 0.6 is 0 Å². The topological polar surface area (TPSA) is 37.4 Å². The van der Waals surface area contributed by atoms with E-state index >= 15 is 0 Å². The lowest BCUT2D eigenvalue weighted by Gasteiger charge is -2.31. The molecule has 1 saturated heterocycles. The standard InChI is InChI=1S/C15H25N3O/c1-13(14-5-3-7-16-11-14)18(9-10-19-2)12-15-6-4-8-17-15/h3,5,7,11,13,15,17H,4,6,8-10,12H2,1-2H3. The van der Waals surface area contributed by atoms with E-state index in [0.717, 1.165) is 26.2 Å². The molecule has 0 aromatic carbocycles. The SMILES string of the molecule is COCCN(CC1CCCN1)C(C)c1cccnc1. The smallest absolute Gasteiger partial charge is 0.0589 e. The van der Waals surface area contributed by atoms with Gasteiger partial charge in [-0.25, -0.2) is 0 Å². The summed E-state index contributed by atoms with van der Waals surface area (Å²) in [6, 6.07) is 5.16. The van der Waals surface area contributed by atoms with Crippen molar-refractivity contribution in [1.29, 1.82) is 0 Å². The molecule has 2 rings (SSSR count). The molecule has 2 heterocycles. The maximum atomic E-state index is 5.25. The Balaban J connectivity index is 1.98. The summed E-state index contributed by atoms with van der Waals surface area (Å²) >= 11 is 0. The molecule has 0 amide bonds. The lowest BCUT2D eigenvalue weighted by atomic mass is 10.1. The Morgan fingerprint density at radius 2 is 2.47 bits per heavy atom. The van der Waals surface area contributed by atoms with Crippen LogP contribution in [0.1, 0.15) is 31.4 Å². The molecular formula is C15H25N3O. The van der Waals surface area contributed by atoms with E-state index in [9.17, 15) is 0 Å². The number of hydrogen-bond donors (Lipinski definition) is 1. The molecule has 4 nitrogen and oxygen atoms in total. The monoisotopic (exact) mass is 263 g/mol. The minimum Gasteiger partial charge on any atom is -0.383 e. The second-order valence-corrected chi connectivity index (χ2v) is 5.24. The zero-order valence-electron chi connectivity index (χ0n) is 12.0. The van der Waals surface area contributed by atoms with Crippen molar-refractivity contribution in [3.05, 3.63) is 30.1 Å². The second-order valence-electron chi connectivity index (χ2n) is 5.24. The number of rotatable bonds is 7. The lowest BCUT2D eigenvalue weighted by molar-refractivity contribution is 0.118. The number of pyridine rings is 1. The summed E-state index contributed by atoms with van der Waals surface area (Å²) in [7, 11) is 1.76. The highest BCUT2D eigenvalue weighted by molar-refractivity contribution is 5.13. The first kappa shape index (κ1) is 14.4. The first-order chi connectivity index (χ1) is 9.31. The lowest BCUT2D eigenvalue weighted by Crippen LogP contribution is -2.40. The van der Waals surface area contributed by atoms with Crippen LogP contribution in [0.4, 0.5) is 0 Å². The van der Waals surface area contributed by atoms with Gasteiger partial charge in [-0.1, -0.05) is 6.07 Å². The Morgan fingerprint density at radius 1 is 1.58 bits per heavy atom. The molecule has 0 bridgehead atoms. The van der Waals surface area contributed by atoms with E-state index in [1.165, 1.54) is 18.4 Å². The molecule has 1 fully saturated rings. The molecule has 2 unspecified atom stereocenters. The predicted molar refractivity (Wildman–Crippen MR) is 77.1 cm³/mol. The van der Waals surface area contributed by atoms with Crippen LogP contribution in [0.15, 0.2) is 24.5 Å². The summed E-state index contributed by atoms with van der Waals surface area (Å²) < 4.78 is 5.25. The van der Waals surface area contributed by atoms with E-state index in [-0.39, 0.29) is 0 Å². The van der Waals surface area contributed by atoms with Gasteiger partial charge in [0.1, 0.15) is 0 Å². The van der Waals surface area contributed by atoms with Gasteiger partial charge in [-0.05, 0) is 37.9 Å². The molecule has 0 aliphatic carbocycles. The van der Waals surface area contributed by atoms with Gasteiger partial charge in [0.25, 0.3) is 0 Å². The summed E-state index contributed by atoms with van der Waals surface area (Å²) in [6.07, 6.45) is 6.37. The molecule has 0 radical (unpaired) electrons. The van der Waals surface area contributed by atoms with Crippen molar-refractivity contribution < 1.29 is 4.74 Å². The van der Waals surface area contributed by atoms with Crippen molar-refractivity contribution in [2.75, 3.05) is 33.4 Å². The fraction of sp³-hybridized carbons (Fsp3) is 0.667. The predicted octanol–water partition coefficient (Wildman–Crippen LogP) is 1.84. The van der Waals surface area contributed by atoms with Crippen molar-refractivity contribution in [2.24, 2.45) is 0 Å². The maximum absolute atomic E-state index is 5.25. The Bertz CT molecular complexity index is 352. The highest BCUT2D eigenvalue weighted by atomic mass is 16.5. The van der Waals surface area contributed by atoms with E-state index in [4.69, 9.17) is 4.74 Å². The Labute approximate surface area is 116 Å². The van der Waals surface area contributed by atoms with Gasteiger partial charge in [0.2, 0.25) is 0 Å². The van der Waals surface area contributed by atoms with Crippen molar-refractivity contribution >= 4 is 0 Å². The Kier molecular flexibility index (Phi) is 5.76. The molecule has 2 atom stereocenters. The van der Waals surface area contributed by atoms with Gasteiger partial charge in [-0.3, -0.25) is 9.88 Å². The largest absolute Gasteiger partial charge is 0.383 e. The molecule has 106 valence electrons. The molecule has 1 aliphatic rings. The summed E-state index contributed by atoms with van der Waals surface area (Å²) in [6.45, 7) is 6.23. The minimum absolute atomic E-state index is 0.381. The number of ether oxygens (including phenoxy) is 1. The number of aromatic nitrogens is 1. The van der Waals surface area contributed by atoms with Crippen LogP contribution in [0, 0.1) is 0 Å². The van der Waals surface area contributed by atoms with Gasteiger partial charge in [0, 0.05) is 44.7 Å². The van der Waals surface area contributed by atoms with Crippen LogP contribution in [0.3, 0.4) is 0 Å². The molecule has 1 aliphatic heterocycles. The molecule has 4 heteroatoms. The number of nitrogens with zero attached hydrogens (tertiary/aromatic N) is 2. The normalized spacial score (nSPS) is 20.9. The summed E-state index contributed by atoms with van der Waals surface area (Å²) in [5.41, 5.74) is 1.27. The highest BCUT2D eigenvalue weighted by Gasteiger charge is 2.22. The second kappa shape index (κ2) is 7.58. The van der Waals surface area contributed by atoms with E-state index in [1.807, 2.05) is 18.5 Å². The number of hydrogen-bond acceptors (Lipinski definition) is 4. The zero-order chi connectivity index (χ0) is 13.5. The minimum atomic E-state index is 0.381. The van der Waals surface area contributed by atoms with Gasteiger partial charge in [-0.2, -0.15) is 0 Å². The van der Waals surface area contributed by atoms with E-state index < -0.39 is 0 Å². The third kappa shape index (κ3) is 4.27. The molecule has 0 spiro atoms. The van der Waals surface area contributed by atoms with E-state index in [0.29, 0.717) is 12.1 Å². The van der Waals surface area contributed by atoms with Crippen molar-refractivity contribution in [1.82, 2.24) is 15.2 Å². The van der Waals surface area contributed by atoms with Gasteiger partial charge < -0.3 is 10.1 Å². The van der Waals surface area contributed by atoms with Gasteiger partial charge in [-0.15, -0.1) is 0 Å². The number of methoxy groups -OCH3 is 1. The van der Waals surface area contributed by atoms with Crippen LogP contribution in [-0.2, 0) is 4.74 Å². The third-order valence-electron chi connectivity index (χ3n) is 3.91. The average Bonchev–Trinajstić information content (AvgIpc) is 2.96. The summed E-state index contributed by atoms with van der Waals surface area (Å²) in [5, 5.41) is 3.57. The van der Waals surface area contributed by atoms with Gasteiger partial charge in [0.15, 0.2) is 0 Å². The molecule has 19 heavy (non-hydrogen) atoms.